The zero-order chi connectivity index (χ0) is 10.7. The lowest BCUT2D eigenvalue weighted by Gasteiger charge is -2.12. The van der Waals surface area contributed by atoms with Gasteiger partial charge in [0.05, 0.1) is 6.61 Å². The molecular weight excluding hydrogens is 186 g/mol. The highest BCUT2D eigenvalue weighted by atomic mass is 16.5. The predicted molar refractivity (Wildman–Crippen MR) is 61.9 cm³/mol. The van der Waals surface area contributed by atoms with Gasteiger partial charge in [-0.3, -0.25) is 0 Å². The quantitative estimate of drug-likeness (QED) is 0.802. The number of benzene rings is 1. The van der Waals surface area contributed by atoms with Gasteiger partial charge in [0, 0.05) is 12.1 Å². The van der Waals surface area contributed by atoms with Crippen LogP contribution in [0.2, 0.25) is 0 Å². The third kappa shape index (κ3) is 2.72. The van der Waals surface area contributed by atoms with Gasteiger partial charge in [-0.1, -0.05) is 31.0 Å². The Morgan fingerprint density at radius 1 is 1.40 bits per heavy atom. The van der Waals surface area contributed by atoms with E-state index >= 15 is 0 Å². The Balaban J connectivity index is 1.97. The average molecular weight is 205 g/mol. The van der Waals surface area contributed by atoms with Crippen molar-refractivity contribution >= 4 is 0 Å². The van der Waals surface area contributed by atoms with E-state index in [4.69, 9.17) is 10.5 Å². The second kappa shape index (κ2) is 4.67. The highest BCUT2D eigenvalue weighted by molar-refractivity contribution is 5.40. The van der Waals surface area contributed by atoms with Crippen LogP contribution in [0.4, 0.5) is 0 Å². The summed E-state index contributed by atoms with van der Waals surface area (Å²) in [5.74, 6) is 1.93. The monoisotopic (exact) mass is 205 g/mol. The van der Waals surface area contributed by atoms with Gasteiger partial charge in [-0.2, -0.15) is 0 Å². The summed E-state index contributed by atoms with van der Waals surface area (Å²) in [5, 5.41) is 0. The van der Waals surface area contributed by atoms with Crippen LogP contribution in [-0.4, -0.2) is 6.61 Å². The lowest BCUT2D eigenvalue weighted by Crippen LogP contribution is -2.05. The van der Waals surface area contributed by atoms with Crippen molar-refractivity contribution in [2.45, 2.75) is 32.7 Å². The average Bonchev–Trinajstić information content (AvgIpc) is 3.04. The summed E-state index contributed by atoms with van der Waals surface area (Å²) >= 11 is 0. The molecule has 15 heavy (non-hydrogen) atoms. The molecule has 2 heteroatoms. The molecule has 1 aliphatic rings. The zero-order valence-corrected chi connectivity index (χ0v) is 9.33. The van der Waals surface area contributed by atoms with E-state index in [1.807, 2.05) is 12.1 Å². The van der Waals surface area contributed by atoms with Crippen molar-refractivity contribution in [3.63, 3.8) is 0 Å². The molecule has 0 bridgehead atoms. The molecule has 2 nitrogen and oxygen atoms in total. The maximum Gasteiger partial charge on any atom is 0.126 e. The van der Waals surface area contributed by atoms with E-state index in [0.29, 0.717) is 6.54 Å². The summed E-state index contributed by atoms with van der Waals surface area (Å²) < 4.78 is 5.83. The molecule has 1 aromatic rings. The smallest absolute Gasteiger partial charge is 0.126 e. The summed E-state index contributed by atoms with van der Waals surface area (Å²) in [7, 11) is 0. The molecule has 0 amide bonds. The van der Waals surface area contributed by atoms with Crippen molar-refractivity contribution in [3.8, 4) is 5.75 Å². The van der Waals surface area contributed by atoms with E-state index in [0.717, 1.165) is 23.8 Å². The maximum absolute atomic E-state index is 5.83. The number of hydrogen-bond acceptors (Lipinski definition) is 2. The Hall–Kier alpha value is -1.02. The van der Waals surface area contributed by atoms with Crippen molar-refractivity contribution < 1.29 is 4.74 Å². The molecule has 2 rings (SSSR count). The number of hydrogen-bond donors (Lipinski definition) is 1. The van der Waals surface area contributed by atoms with Crippen molar-refractivity contribution in [2.75, 3.05) is 6.61 Å². The second-order valence-electron chi connectivity index (χ2n) is 4.35. The Morgan fingerprint density at radius 2 is 2.20 bits per heavy atom. The molecule has 0 radical (unpaired) electrons. The molecule has 1 fully saturated rings. The van der Waals surface area contributed by atoms with Gasteiger partial charge in [0.25, 0.3) is 0 Å². The fourth-order valence-electron chi connectivity index (χ4n) is 1.81. The van der Waals surface area contributed by atoms with Crippen LogP contribution in [0, 0.1) is 12.8 Å². The van der Waals surface area contributed by atoms with Crippen LogP contribution in [0.15, 0.2) is 18.2 Å². The van der Waals surface area contributed by atoms with Gasteiger partial charge in [0.2, 0.25) is 0 Å². The van der Waals surface area contributed by atoms with Crippen LogP contribution in [0.3, 0.4) is 0 Å². The summed E-state index contributed by atoms with van der Waals surface area (Å²) in [6.07, 6.45) is 3.97. The number of ether oxygens (including phenoxy) is 1. The zero-order valence-electron chi connectivity index (χ0n) is 9.33. The minimum absolute atomic E-state index is 0.556. The molecule has 0 saturated heterocycles. The molecule has 0 spiro atoms. The van der Waals surface area contributed by atoms with Crippen molar-refractivity contribution in [2.24, 2.45) is 11.7 Å². The fourth-order valence-corrected chi connectivity index (χ4v) is 1.81. The standard InChI is InChI=1S/C13H19NO/c1-10-3-2-4-12(9-14)13(10)15-8-7-11-5-6-11/h2-4,11H,5-9,14H2,1H3. The van der Waals surface area contributed by atoms with E-state index in [1.165, 1.54) is 24.8 Å². The number of para-hydroxylation sites is 1. The number of rotatable bonds is 5. The Bertz CT molecular complexity index is 331. The molecule has 0 aromatic heterocycles. The van der Waals surface area contributed by atoms with Gasteiger partial charge in [-0.05, 0) is 24.8 Å². The maximum atomic E-state index is 5.83. The first-order valence-corrected chi connectivity index (χ1v) is 5.72. The van der Waals surface area contributed by atoms with Gasteiger partial charge in [-0.25, -0.2) is 0 Å². The third-order valence-electron chi connectivity index (χ3n) is 2.98. The molecule has 0 heterocycles. The van der Waals surface area contributed by atoms with Crippen LogP contribution < -0.4 is 10.5 Å². The molecule has 0 aliphatic heterocycles. The van der Waals surface area contributed by atoms with Crippen LogP contribution >= 0.6 is 0 Å². The van der Waals surface area contributed by atoms with Crippen molar-refractivity contribution in [3.05, 3.63) is 29.3 Å². The Morgan fingerprint density at radius 3 is 2.87 bits per heavy atom. The second-order valence-corrected chi connectivity index (χ2v) is 4.35. The molecular formula is C13H19NO. The largest absolute Gasteiger partial charge is 0.493 e. The van der Waals surface area contributed by atoms with Crippen molar-refractivity contribution in [1.29, 1.82) is 0 Å². The predicted octanol–water partition coefficient (Wildman–Crippen LogP) is 2.63. The number of nitrogens with two attached hydrogens (primary N) is 1. The fraction of sp³-hybridized carbons (Fsp3) is 0.538. The van der Waals surface area contributed by atoms with Gasteiger partial charge in [0.1, 0.15) is 5.75 Å². The van der Waals surface area contributed by atoms with Crippen LogP contribution in [0.25, 0.3) is 0 Å². The molecule has 1 aromatic carbocycles. The lowest BCUT2D eigenvalue weighted by atomic mass is 10.1. The third-order valence-corrected chi connectivity index (χ3v) is 2.98. The normalized spacial score (nSPS) is 15.3. The first-order valence-electron chi connectivity index (χ1n) is 5.72. The van der Waals surface area contributed by atoms with Crippen LogP contribution in [0.5, 0.6) is 5.75 Å². The highest BCUT2D eigenvalue weighted by Gasteiger charge is 2.20. The van der Waals surface area contributed by atoms with Gasteiger partial charge >= 0.3 is 0 Å². The molecule has 1 aliphatic carbocycles. The van der Waals surface area contributed by atoms with Gasteiger partial charge < -0.3 is 10.5 Å². The van der Waals surface area contributed by atoms with E-state index in [1.54, 1.807) is 0 Å². The summed E-state index contributed by atoms with van der Waals surface area (Å²) in [6.45, 7) is 3.47. The Kier molecular flexibility index (Phi) is 3.27. The molecule has 2 N–H and O–H groups in total. The molecule has 0 unspecified atom stereocenters. The molecule has 1 saturated carbocycles. The summed E-state index contributed by atoms with van der Waals surface area (Å²) in [5.41, 5.74) is 7.99. The Labute approximate surface area is 91.4 Å². The van der Waals surface area contributed by atoms with Crippen LogP contribution in [0.1, 0.15) is 30.4 Å². The van der Waals surface area contributed by atoms with E-state index in [9.17, 15) is 0 Å². The van der Waals surface area contributed by atoms with E-state index in [2.05, 4.69) is 13.0 Å². The number of aryl methyl sites for hydroxylation is 1. The lowest BCUT2D eigenvalue weighted by molar-refractivity contribution is 0.297. The summed E-state index contributed by atoms with van der Waals surface area (Å²) in [4.78, 5) is 0. The van der Waals surface area contributed by atoms with Crippen molar-refractivity contribution in [1.82, 2.24) is 0 Å². The SMILES string of the molecule is Cc1cccc(CN)c1OCCC1CC1. The minimum Gasteiger partial charge on any atom is -0.493 e. The van der Waals surface area contributed by atoms with E-state index < -0.39 is 0 Å². The molecule has 0 atom stereocenters. The first-order chi connectivity index (χ1) is 7.31. The van der Waals surface area contributed by atoms with Gasteiger partial charge in [0.15, 0.2) is 0 Å². The topological polar surface area (TPSA) is 35.2 Å². The van der Waals surface area contributed by atoms with Gasteiger partial charge in [-0.15, -0.1) is 0 Å². The summed E-state index contributed by atoms with van der Waals surface area (Å²) in [6, 6.07) is 6.15. The first kappa shape index (κ1) is 10.5. The minimum atomic E-state index is 0.556. The van der Waals surface area contributed by atoms with Crippen LogP contribution in [-0.2, 0) is 6.54 Å². The highest BCUT2D eigenvalue weighted by Crippen LogP contribution is 2.32. The molecule has 82 valence electrons. The van der Waals surface area contributed by atoms with E-state index in [-0.39, 0.29) is 0 Å².